The largest absolute Gasteiger partial charge is 0.383 e. The summed E-state index contributed by atoms with van der Waals surface area (Å²) in [5.74, 6) is 0. The van der Waals surface area contributed by atoms with Crippen LogP contribution < -0.4 is 21.6 Å². The topological polar surface area (TPSA) is 88.0 Å². The van der Waals surface area contributed by atoms with Crippen LogP contribution in [-0.2, 0) is 0 Å². The van der Waals surface area contributed by atoms with Gasteiger partial charge in [0, 0.05) is 35.0 Å². The number of nitrogens with zero attached hydrogens (tertiary/aromatic N) is 3. The van der Waals surface area contributed by atoms with Crippen molar-refractivity contribution in [1.82, 2.24) is 21.0 Å². The molecule has 1 atom stereocenters. The van der Waals surface area contributed by atoms with E-state index in [1.807, 2.05) is 35.5 Å². The molecular weight excluding hydrogens is 505 g/mol. The minimum absolute atomic E-state index is 0.00932. The predicted octanol–water partition coefficient (Wildman–Crippen LogP) is 6.74. The molecule has 0 amide bonds. The first-order valence-electron chi connectivity index (χ1n) is 12.8. The number of pyridine rings is 1. The van der Waals surface area contributed by atoms with E-state index < -0.39 is 6.02 Å². The Morgan fingerprint density at radius 2 is 2.00 bits per heavy atom. The average molecular weight is 538 g/mol. The summed E-state index contributed by atoms with van der Waals surface area (Å²) in [7, 11) is 0. The number of benzene rings is 2. The van der Waals surface area contributed by atoms with Gasteiger partial charge in [0.05, 0.1) is 40.4 Å². The van der Waals surface area contributed by atoms with Gasteiger partial charge in [0.15, 0.2) is 0 Å². The van der Waals surface area contributed by atoms with Crippen LogP contribution >= 0.6 is 23.2 Å². The molecule has 192 valence electrons. The van der Waals surface area contributed by atoms with E-state index in [9.17, 15) is 6.63 Å². The minimum atomic E-state index is -1.48. The van der Waals surface area contributed by atoms with Gasteiger partial charge in [0.2, 0.25) is 0 Å². The molecule has 2 aromatic carbocycles. The monoisotopic (exact) mass is 536 g/mol. The van der Waals surface area contributed by atoms with Crippen molar-refractivity contribution in [2.75, 3.05) is 17.2 Å². The number of rotatable bonds is 7. The molecule has 2 heterocycles. The van der Waals surface area contributed by atoms with Gasteiger partial charge in [-0.25, -0.2) is 0 Å². The summed E-state index contributed by atoms with van der Waals surface area (Å²) in [6, 6.07) is 11.7. The Morgan fingerprint density at radius 3 is 2.68 bits per heavy atom. The van der Waals surface area contributed by atoms with Crippen molar-refractivity contribution in [2.45, 2.75) is 52.1 Å². The fourth-order valence-corrected chi connectivity index (χ4v) is 4.70. The number of nitriles is 1. The third-order valence-electron chi connectivity index (χ3n) is 6.65. The molecule has 0 unspecified atom stereocenters. The van der Waals surface area contributed by atoms with Gasteiger partial charge in [0.1, 0.15) is 6.07 Å². The first-order valence-corrected chi connectivity index (χ1v) is 13.0. The Labute approximate surface area is 229 Å². The summed E-state index contributed by atoms with van der Waals surface area (Å²) in [6.07, 6.45) is 5.59. The van der Waals surface area contributed by atoms with Crippen LogP contribution in [-0.4, -0.2) is 22.1 Å². The smallest absolute Gasteiger partial charge is 0.103 e. The number of hydrazine groups is 2. The van der Waals surface area contributed by atoms with Gasteiger partial charge >= 0.3 is 0 Å². The summed E-state index contributed by atoms with van der Waals surface area (Å²) < 4.78 is 9.71. The molecule has 37 heavy (non-hydrogen) atoms. The fourth-order valence-electron chi connectivity index (χ4n) is 4.20. The highest BCUT2D eigenvalue weighted by Gasteiger charge is 2.44. The van der Waals surface area contributed by atoms with Crippen molar-refractivity contribution in [3.63, 3.8) is 0 Å². The quantitative estimate of drug-likeness (QED) is 0.265. The Bertz CT molecular complexity index is 1470. The van der Waals surface area contributed by atoms with Crippen molar-refractivity contribution in [2.24, 2.45) is 5.41 Å². The van der Waals surface area contributed by atoms with E-state index in [1.54, 1.807) is 12.1 Å². The molecule has 5 rings (SSSR count). The molecule has 2 aliphatic rings. The van der Waals surface area contributed by atoms with Crippen molar-refractivity contribution in [3.05, 3.63) is 75.7 Å². The number of aromatic nitrogens is 1. The average Bonchev–Trinajstić information content (AvgIpc) is 3.39. The third-order valence-corrected chi connectivity index (χ3v) is 7.26. The molecule has 7 nitrogen and oxygen atoms in total. The van der Waals surface area contributed by atoms with Crippen LogP contribution in [0.3, 0.4) is 0 Å². The number of hydrogen-bond acceptors (Lipinski definition) is 7. The van der Waals surface area contributed by atoms with E-state index in [2.05, 4.69) is 60.3 Å². The molecule has 3 aromatic rings. The Kier molecular flexibility index (Phi) is 6.28. The lowest BCUT2D eigenvalue weighted by molar-refractivity contribution is 0.190. The standard InChI is InChI=1S/C28H31Cl2N7/c1-27(2,3)16-33-24-17(13-31)14-32-25-20(24)11-18(12-22(25)30)34-26(19-7-5-6-8-21(19)29)23-15-37(36-35-23)28(4)9-10-28/h5-8,11-12,14-15,26,34-36H,9-10,16H2,1-4H3,(H,32,33)/t26-/m1/s1/i26D. The maximum Gasteiger partial charge on any atom is 0.103 e. The second-order valence-corrected chi connectivity index (χ2v) is 11.9. The summed E-state index contributed by atoms with van der Waals surface area (Å²) in [5, 5.41) is 20.2. The highest BCUT2D eigenvalue weighted by Crippen LogP contribution is 2.43. The molecule has 0 saturated heterocycles. The van der Waals surface area contributed by atoms with Gasteiger partial charge in [-0.3, -0.25) is 9.99 Å². The molecule has 0 spiro atoms. The highest BCUT2D eigenvalue weighted by molar-refractivity contribution is 6.36. The molecule has 4 N–H and O–H groups in total. The van der Waals surface area contributed by atoms with Crippen LogP contribution in [0.2, 0.25) is 10.0 Å². The van der Waals surface area contributed by atoms with E-state index >= 15 is 0 Å². The molecule has 1 aromatic heterocycles. The van der Waals surface area contributed by atoms with Crippen LogP contribution in [0.5, 0.6) is 0 Å². The van der Waals surface area contributed by atoms with Crippen LogP contribution in [0.15, 0.2) is 54.5 Å². The first-order chi connectivity index (χ1) is 17.9. The van der Waals surface area contributed by atoms with Crippen LogP contribution in [0.4, 0.5) is 11.4 Å². The third kappa shape index (κ3) is 5.28. The maximum absolute atomic E-state index is 9.80. The molecule has 9 heteroatoms. The van der Waals surface area contributed by atoms with E-state index in [0.717, 1.165) is 12.8 Å². The zero-order valence-corrected chi connectivity index (χ0v) is 22.8. The van der Waals surface area contributed by atoms with Gasteiger partial charge in [-0.15, -0.1) is 5.53 Å². The lowest BCUT2D eigenvalue weighted by Gasteiger charge is -2.24. The molecule has 0 radical (unpaired) electrons. The number of nitrogens with one attached hydrogen (secondary N) is 4. The predicted molar refractivity (Wildman–Crippen MR) is 151 cm³/mol. The zero-order chi connectivity index (χ0) is 27.3. The second-order valence-electron chi connectivity index (χ2n) is 11.1. The van der Waals surface area contributed by atoms with Gasteiger partial charge in [-0.05, 0) is 48.9 Å². The molecule has 1 aliphatic carbocycles. The molecule has 1 saturated carbocycles. The summed E-state index contributed by atoms with van der Waals surface area (Å²) >= 11 is 13.4. The van der Waals surface area contributed by atoms with Crippen LogP contribution in [0.25, 0.3) is 10.9 Å². The summed E-state index contributed by atoms with van der Waals surface area (Å²) in [4.78, 5) is 4.46. The summed E-state index contributed by atoms with van der Waals surface area (Å²) in [5.41, 5.74) is 9.80. The number of fused-ring (bicyclic) bond motifs is 1. The van der Waals surface area contributed by atoms with Crippen LogP contribution in [0, 0.1) is 16.7 Å². The van der Waals surface area contributed by atoms with Gasteiger partial charge < -0.3 is 16.1 Å². The Hall–Kier alpha value is -3.18. The van der Waals surface area contributed by atoms with Gasteiger partial charge in [-0.1, -0.05) is 62.2 Å². The van der Waals surface area contributed by atoms with Crippen LogP contribution in [0.1, 0.15) is 59.1 Å². The van der Waals surface area contributed by atoms with Gasteiger partial charge in [-0.2, -0.15) is 5.26 Å². The lowest BCUT2D eigenvalue weighted by atomic mass is 9.96. The normalized spacial score (nSPS) is 18.4. The molecular formula is C28H31Cl2N7. The molecule has 1 fully saturated rings. The van der Waals surface area contributed by atoms with E-state index in [4.69, 9.17) is 23.2 Å². The van der Waals surface area contributed by atoms with Crippen molar-refractivity contribution in [3.8, 4) is 6.07 Å². The first kappa shape index (κ1) is 24.2. The van der Waals surface area contributed by atoms with E-state index in [0.29, 0.717) is 55.7 Å². The zero-order valence-electron chi connectivity index (χ0n) is 22.3. The SMILES string of the molecule is [2H][C@](Nc1cc(Cl)c2ncc(C#N)c(NCC(C)(C)C)c2c1)(C1=CN(C2(C)CC2)NN1)c1ccccc1Cl. The minimum Gasteiger partial charge on any atom is -0.383 e. The fraction of sp³-hybridized carbons (Fsp3) is 0.357. The van der Waals surface area contributed by atoms with E-state index in [1.165, 1.54) is 6.20 Å². The number of halogens is 2. The number of anilines is 2. The maximum atomic E-state index is 9.80. The second kappa shape index (κ2) is 9.60. The Morgan fingerprint density at radius 1 is 1.24 bits per heavy atom. The lowest BCUT2D eigenvalue weighted by Crippen LogP contribution is -2.43. The van der Waals surface area contributed by atoms with Gasteiger partial charge in [0.25, 0.3) is 0 Å². The van der Waals surface area contributed by atoms with Crippen molar-refractivity contribution < 1.29 is 1.37 Å². The molecule has 1 aliphatic heterocycles. The van der Waals surface area contributed by atoms with Crippen molar-refractivity contribution in [1.29, 1.82) is 5.26 Å². The molecule has 0 bridgehead atoms. The Balaban J connectivity index is 1.62. The number of hydrogen-bond donors (Lipinski definition) is 4. The van der Waals surface area contributed by atoms with E-state index in [-0.39, 0.29) is 11.0 Å². The van der Waals surface area contributed by atoms with Crippen molar-refractivity contribution >= 4 is 45.5 Å². The highest BCUT2D eigenvalue weighted by atomic mass is 35.5. The summed E-state index contributed by atoms with van der Waals surface area (Å²) in [6.45, 7) is 9.18.